The van der Waals surface area contributed by atoms with E-state index in [1.807, 2.05) is 0 Å². The van der Waals surface area contributed by atoms with Crippen molar-refractivity contribution in [1.29, 1.82) is 0 Å². The molecule has 0 bridgehead atoms. The van der Waals surface area contributed by atoms with Gasteiger partial charge < -0.3 is 10.4 Å². The zero-order chi connectivity index (χ0) is 14.4. The van der Waals surface area contributed by atoms with Gasteiger partial charge in [0.05, 0.1) is 24.0 Å². The molecule has 20 heavy (non-hydrogen) atoms. The van der Waals surface area contributed by atoms with Gasteiger partial charge in [0, 0.05) is 25.4 Å². The van der Waals surface area contributed by atoms with Gasteiger partial charge in [-0.3, -0.25) is 19.3 Å². The molecule has 1 amide bonds. The molecule has 0 saturated heterocycles. The molecule has 0 radical (unpaired) electrons. The number of carboxylic acid groups (broad SMARTS) is 1. The minimum absolute atomic E-state index is 0.131. The van der Waals surface area contributed by atoms with Gasteiger partial charge >= 0.3 is 5.97 Å². The Balaban J connectivity index is 1.83. The number of anilines is 1. The normalized spacial score (nSPS) is 10.2. The van der Waals surface area contributed by atoms with E-state index in [2.05, 4.69) is 15.4 Å². The van der Waals surface area contributed by atoms with Crippen LogP contribution in [0.3, 0.4) is 0 Å². The lowest BCUT2D eigenvalue weighted by Crippen LogP contribution is -2.15. The monoisotopic (exact) mass is 274 g/mol. The second kappa shape index (κ2) is 6.46. The Morgan fingerprint density at radius 3 is 2.80 bits per heavy atom. The molecule has 7 nitrogen and oxygen atoms in total. The molecule has 0 fully saturated rings. The molecule has 0 unspecified atom stereocenters. The number of aliphatic carboxylic acids is 1. The van der Waals surface area contributed by atoms with Gasteiger partial charge in [-0.2, -0.15) is 5.10 Å². The highest BCUT2D eigenvalue weighted by molar-refractivity contribution is 5.90. The van der Waals surface area contributed by atoms with Crippen LogP contribution in [0.1, 0.15) is 12.1 Å². The Bertz CT molecular complexity index is 578. The summed E-state index contributed by atoms with van der Waals surface area (Å²) < 4.78 is 1.67. The van der Waals surface area contributed by atoms with Gasteiger partial charge in [0.25, 0.3) is 0 Å². The topological polar surface area (TPSA) is 97.1 Å². The lowest BCUT2D eigenvalue weighted by atomic mass is 10.2. The summed E-state index contributed by atoms with van der Waals surface area (Å²) in [4.78, 5) is 26.2. The number of hydrogen-bond acceptors (Lipinski definition) is 4. The molecule has 2 heterocycles. The number of pyridine rings is 1. The zero-order valence-corrected chi connectivity index (χ0v) is 10.7. The number of rotatable bonds is 6. The quantitative estimate of drug-likeness (QED) is 0.816. The Morgan fingerprint density at radius 1 is 1.35 bits per heavy atom. The third-order valence-corrected chi connectivity index (χ3v) is 2.57. The number of hydrogen-bond donors (Lipinski definition) is 2. The smallest absolute Gasteiger partial charge is 0.309 e. The highest BCUT2D eigenvalue weighted by Gasteiger charge is 2.05. The van der Waals surface area contributed by atoms with E-state index in [1.54, 1.807) is 35.3 Å². The number of nitrogens with zero attached hydrogens (tertiary/aromatic N) is 3. The van der Waals surface area contributed by atoms with Gasteiger partial charge in [0.15, 0.2) is 0 Å². The lowest BCUT2D eigenvalue weighted by Gasteiger charge is -2.05. The molecule has 0 aliphatic heterocycles. The molecule has 0 aromatic carbocycles. The van der Waals surface area contributed by atoms with Crippen LogP contribution in [0.2, 0.25) is 0 Å². The number of aryl methyl sites for hydroxylation is 1. The van der Waals surface area contributed by atoms with Crippen molar-refractivity contribution in [3.05, 3.63) is 42.5 Å². The van der Waals surface area contributed by atoms with Crippen molar-refractivity contribution in [2.75, 3.05) is 5.32 Å². The van der Waals surface area contributed by atoms with Gasteiger partial charge in [0.1, 0.15) is 0 Å². The first-order valence-corrected chi connectivity index (χ1v) is 6.07. The van der Waals surface area contributed by atoms with Crippen LogP contribution in [0.25, 0.3) is 0 Å². The molecule has 2 rings (SSSR count). The Hall–Kier alpha value is -2.70. The first-order chi connectivity index (χ1) is 9.63. The van der Waals surface area contributed by atoms with E-state index in [4.69, 9.17) is 5.11 Å². The predicted molar refractivity (Wildman–Crippen MR) is 71.1 cm³/mol. The maximum absolute atomic E-state index is 11.7. The molecule has 2 aromatic rings. The van der Waals surface area contributed by atoms with Crippen LogP contribution in [0.5, 0.6) is 0 Å². The highest BCUT2D eigenvalue weighted by Crippen LogP contribution is 2.07. The second-order valence-corrected chi connectivity index (χ2v) is 4.18. The number of nitrogens with one attached hydrogen (secondary N) is 1. The molecular formula is C13H14N4O3. The fourth-order valence-corrected chi connectivity index (χ4v) is 1.63. The Morgan fingerprint density at radius 2 is 2.20 bits per heavy atom. The SMILES string of the molecule is O=C(O)Cc1ccc(NC(=O)CCn2cccn2)cn1. The molecule has 0 saturated carbocycles. The minimum atomic E-state index is -0.937. The number of carboxylic acids is 1. The van der Waals surface area contributed by atoms with E-state index in [1.165, 1.54) is 6.20 Å². The van der Waals surface area contributed by atoms with Gasteiger partial charge in [-0.25, -0.2) is 0 Å². The number of carbonyl (C=O) groups is 2. The van der Waals surface area contributed by atoms with E-state index >= 15 is 0 Å². The standard InChI is InChI=1S/C13H14N4O3/c18-12(4-7-17-6-1-5-15-17)16-11-3-2-10(14-9-11)8-13(19)20/h1-3,5-6,9H,4,7-8H2,(H,16,18)(H,19,20). The molecule has 2 aromatic heterocycles. The van der Waals surface area contributed by atoms with Crippen molar-refractivity contribution in [2.24, 2.45) is 0 Å². The average Bonchev–Trinajstić information content (AvgIpc) is 2.91. The second-order valence-electron chi connectivity index (χ2n) is 4.18. The zero-order valence-electron chi connectivity index (χ0n) is 10.7. The third kappa shape index (κ3) is 4.20. The maximum atomic E-state index is 11.7. The van der Waals surface area contributed by atoms with Crippen molar-refractivity contribution < 1.29 is 14.7 Å². The first kappa shape index (κ1) is 13.7. The van der Waals surface area contributed by atoms with Crippen LogP contribution in [-0.2, 0) is 22.6 Å². The maximum Gasteiger partial charge on any atom is 0.309 e. The van der Waals surface area contributed by atoms with Crippen LogP contribution in [-0.4, -0.2) is 31.7 Å². The summed E-state index contributed by atoms with van der Waals surface area (Å²) in [6.45, 7) is 0.503. The first-order valence-electron chi connectivity index (χ1n) is 6.07. The number of aromatic nitrogens is 3. The lowest BCUT2D eigenvalue weighted by molar-refractivity contribution is -0.136. The highest BCUT2D eigenvalue weighted by atomic mass is 16.4. The fourth-order valence-electron chi connectivity index (χ4n) is 1.63. The number of carbonyl (C=O) groups excluding carboxylic acids is 1. The van der Waals surface area contributed by atoms with E-state index < -0.39 is 5.97 Å². The molecule has 104 valence electrons. The minimum Gasteiger partial charge on any atom is -0.481 e. The van der Waals surface area contributed by atoms with E-state index in [0.717, 1.165) is 0 Å². The summed E-state index contributed by atoms with van der Waals surface area (Å²) in [5.41, 5.74) is 0.997. The third-order valence-electron chi connectivity index (χ3n) is 2.57. The summed E-state index contributed by atoms with van der Waals surface area (Å²) in [6.07, 6.45) is 5.06. The average molecular weight is 274 g/mol. The summed E-state index contributed by atoms with van der Waals surface area (Å²) in [7, 11) is 0. The summed E-state index contributed by atoms with van der Waals surface area (Å²) in [5.74, 6) is -1.08. The fraction of sp³-hybridized carbons (Fsp3) is 0.231. The van der Waals surface area contributed by atoms with Crippen molar-refractivity contribution in [2.45, 2.75) is 19.4 Å². The molecule has 0 aliphatic rings. The van der Waals surface area contributed by atoms with Crippen LogP contribution >= 0.6 is 0 Å². The molecule has 0 atom stereocenters. The molecule has 7 heteroatoms. The summed E-state index contributed by atoms with van der Waals surface area (Å²) >= 11 is 0. The predicted octanol–water partition coefficient (Wildman–Crippen LogP) is 0.934. The molecular weight excluding hydrogens is 260 g/mol. The van der Waals surface area contributed by atoms with Crippen LogP contribution in [0.4, 0.5) is 5.69 Å². The largest absolute Gasteiger partial charge is 0.481 e. The van der Waals surface area contributed by atoms with Crippen LogP contribution < -0.4 is 5.32 Å². The van der Waals surface area contributed by atoms with E-state index in [-0.39, 0.29) is 12.3 Å². The molecule has 0 spiro atoms. The van der Waals surface area contributed by atoms with Gasteiger partial charge in [-0.05, 0) is 18.2 Å². The van der Waals surface area contributed by atoms with E-state index in [9.17, 15) is 9.59 Å². The van der Waals surface area contributed by atoms with Gasteiger partial charge in [-0.1, -0.05) is 0 Å². The van der Waals surface area contributed by atoms with Crippen molar-refractivity contribution >= 4 is 17.6 Å². The van der Waals surface area contributed by atoms with Crippen molar-refractivity contribution in [3.63, 3.8) is 0 Å². The van der Waals surface area contributed by atoms with Crippen LogP contribution in [0.15, 0.2) is 36.8 Å². The number of amides is 1. The van der Waals surface area contributed by atoms with Crippen molar-refractivity contribution in [3.8, 4) is 0 Å². The molecule has 0 aliphatic carbocycles. The van der Waals surface area contributed by atoms with Gasteiger partial charge in [0.2, 0.25) is 5.91 Å². The Labute approximate surface area is 115 Å². The van der Waals surface area contributed by atoms with Crippen molar-refractivity contribution in [1.82, 2.24) is 14.8 Å². The van der Waals surface area contributed by atoms with Gasteiger partial charge in [-0.15, -0.1) is 0 Å². The van der Waals surface area contributed by atoms with Crippen LogP contribution in [0, 0.1) is 0 Å². The molecule has 2 N–H and O–H groups in total. The summed E-state index contributed by atoms with van der Waals surface area (Å²) in [5, 5.41) is 15.3. The summed E-state index contributed by atoms with van der Waals surface area (Å²) in [6, 6.07) is 5.01. The van der Waals surface area contributed by atoms with E-state index in [0.29, 0.717) is 24.3 Å². The Kier molecular flexibility index (Phi) is 4.43.